The van der Waals surface area contributed by atoms with Gasteiger partial charge < -0.3 is 10.1 Å². The first-order chi connectivity index (χ1) is 6.76. The van der Waals surface area contributed by atoms with E-state index in [-0.39, 0.29) is 0 Å². The van der Waals surface area contributed by atoms with Crippen LogP contribution in [0.3, 0.4) is 0 Å². The van der Waals surface area contributed by atoms with E-state index in [0.717, 1.165) is 18.7 Å². The Morgan fingerprint density at radius 1 is 1.64 bits per heavy atom. The third kappa shape index (κ3) is 3.38. The van der Waals surface area contributed by atoms with Gasteiger partial charge in [0, 0.05) is 25.9 Å². The van der Waals surface area contributed by atoms with E-state index in [2.05, 4.69) is 24.3 Å². The molecule has 1 aromatic heterocycles. The van der Waals surface area contributed by atoms with Crippen molar-refractivity contribution in [1.29, 1.82) is 0 Å². The highest BCUT2D eigenvalue weighted by molar-refractivity contribution is 5.39. The van der Waals surface area contributed by atoms with Crippen LogP contribution in [-0.4, -0.2) is 29.5 Å². The van der Waals surface area contributed by atoms with Crippen molar-refractivity contribution in [2.45, 2.75) is 32.9 Å². The molecule has 80 valence electrons. The summed E-state index contributed by atoms with van der Waals surface area (Å²) in [5.74, 6) is 0. The van der Waals surface area contributed by atoms with E-state index in [1.165, 1.54) is 0 Å². The van der Waals surface area contributed by atoms with Gasteiger partial charge >= 0.3 is 0 Å². The number of ether oxygens (including phenoxy) is 1. The Balaban J connectivity index is 2.42. The molecule has 0 aliphatic heterocycles. The predicted molar refractivity (Wildman–Crippen MR) is 57.5 cm³/mol. The lowest BCUT2D eigenvalue weighted by molar-refractivity contribution is 0.190. The highest BCUT2D eigenvalue weighted by Gasteiger charge is 2.02. The van der Waals surface area contributed by atoms with Crippen molar-refractivity contribution in [3.63, 3.8) is 0 Å². The summed E-state index contributed by atoms with van der Waals surface area (Å²) in [6.45, 7) is 5.91. The SMILES string of the molecule is CCCn1cc(NC(C)COC)cn1. The van der Waals surface area contributed by atoms with Gasteiger partial charge in [-0.2, -0.15) is 5.10 Å². The highest BCUT2D eigenvalue weighted by atomic mass is 16.5. The first kappa shape index (κ1) is 11.0. The Bertz CT molecular complexity index is 260. The van der Waals surface area contributed by atoms with Crippen molar-refractivity contribution in [1.82, 2.24) is 9.78 Å². The maximum atomic E-state index is 5.04. The normalized spacial score (nSPS) is 12.8. The van der Waals surface area contributed by atoms with Crippen LogP contribution in [0.1, 0.15) is 20.3 Å². The quantitative estimate of drug-likeness (QED) is 0.755. The monoisotopic (exact) mass is 197 g/mol. The zero-order valence-electron chi connectivity index (χ0n) is 9.16. The molecule has 4 nitrogen and oxygen atoms in total. The van der Waals surface area contributed by atoms with Crippen LogP contribution in [-0.2, 0) is 11.3 Å². The van der Waals surface area contributed by atoms with Gasteiger partial charge in [-0.15, -0.1) is 0 Å². The molecule has 1 rings (SSSR count). The molecule has 0 fully saturated rings. The van der Waals surface area contributed by atoms with E-state index < -0.39 is 0 Å². The van der Waals surface area contributed by atoms with Crippen molar-refractivity contribution >= 4 is 5.69 Å². The van der Waals surface area contributed by atoms with Crippen molar-refractivity contribution < 1.29 is 4.74 Å². The van der Waals surface area contributed by atoms with E-state index in [0.29, 0.717) is 12.6 Å². The van der Waals surface area contributed by atoms with Gasteiger partial charge in [-0.1, -0.05) is 6.92 Å². The molecule has 0 saturated carbocycles. The van der Waals surface area contributed by atoms with Crippen LogP contribution in [0, 0.1) is 0 Å². The number of nitrogens with zero attached hydrogens (tertiary/aromatic N) is 2. The molecule has 0 aromatic carbocycles. The molecule has 0 spiro atoms. The highest BCUT2D eigenvalue weighted by Crippen LogP contribution is 2.07. The third-order valence-corrected chi connectivity index (χ3v) is 1.92. The number of aryl methyl sites for hydroxylation is 1. The van der Waals surface area contributed by atoms with Crippen LogP contribution in [0.5, 0.6) is 0 Å². The Morgan fingerprint density at radius 3 is 3.07 bits per heavy atom. The van der Waals surface area contributed by atoms with Crippen LogP contribution < -0.4 is 5.32 Å². The van der Waals surface area contributed by atoms with E-state index in [1.807, 2.05) is 17.1 Å². The van der Waals surface area contributed by atoms with Gasteiger partial charge in [0.15, 0.2) is 0 Å². The first-order valence-corrected chi connectivity index (χ1v) is 5.04. The Kier molecular flexibility index (Phi) is 4.46. The molecule has 0 saturated heterocycles. The Hall–Kier alpha value is -1.03. The summed E-state index contributed by atoms with van der Waals surface area (Å²) in [5, 5.41) is 7.55. The number of rotatable bonds is 6. The molecule has 1 unspecified atom stereocenters. The number of anilines is 1. The van der Waals surface area contributed by atoms with Gasteiger partial charge in [-0.25, -0.2) is 0 Å². The summed E-state index contributed by atoms with van der Waals surface area (Å²) in [6.07, 6.45) is 4.98. The summed E-state index contributed by atoms with van der Waals surface area (Å²) in [4.78, 5) is 0. The fourth-order valence-corrected chi connectivity index (χ4v) is 1.37. The van der Waals surface area contributed by atoms with Crippen molar-refractivity contribution in [2.75, 3.05) is 19.0 Å². The van der Waals surface area contributed by atoms with Crippen LogP contribution in [0.2, 0.25) is 0 Å². The zero-order valence-corrected chi connectivity index (χ0v) is 9.16. The first-order valence-electron chi connectivity index (χ1n) is 5.04. The van der Waals surface area contributed by atoms with Crippen LogP contribution in [0.15, 0.2) is 12.4 Å². The van der Waals surface area contributed by atoms with Gasteiger partial charge in [0.2, 0.25) is 0 Å². The van der Waals surface area contributed by atoms with Gasteiger partial charge in [0.25, 0.3) is 0 Å². The molecule has 0 aliphatic carbocycles. The average Bonchev–Trinajstić information content (AvgIpc) is 2.53. The fraction of sp³-hybridized carbons (Fsp3) is 0.700. The number of nitrogens with one attached hydrogen (secondary N) is 1. The topological polar surface area (TPSA) is 39.1 Å². The average molecular weight is 197 g/mol. The van der Waals surface area contributed by atoms with Gasteiger partial charge in [0.05, 0.1) is 18.5 Å². The van der Waals surface area contributed by atoms with Crippen molar-refractivity contribution in [3.8, 4) is 0 Å². The standard InChI is InChI=1S/C10H19N3O/c1-4-5-13-7-10(6-11-13)12-9(2)8-14-3/h6-7,9,12H,4-5,8H2,1-3H3. The third-order valence-electron chi connectivity index (χ3n) is 1.92. The molecule has 1 heterocycles. The summed E-state index contributed by atoms with van der Waals surface area (Å²) < 4.78 is 6.99. The van der Waals surface area contributed by atoms with Crippen molar-refractivity contribution in [3.05, 3.63) is 12.4 Å². The lowest BCUT2D eigenvalue weighted by Gasteiger charge is -2.11. The molecular formula is C10H19N3O. The number of methoxy groups -OCH3 is 1. The summed E-state index contributed by atoms with van der Waals surface area (Å²) >= 11 is 0. The maximum Gasteiger partial charge on any atom is 0.0729 e. The van der Waals surface area contributed by atoms with Crippen molar-refractivity contribution in [2.24, 2.45) is 0 Å². The van der Waals surface area contributed by atoms with E-state index in [1.54, 1.807) is 7.11 Å². The molecule has 0 radical (unpaired) electrons. The Morgan fingerprint density at radius 2 is 2.43 bits per heavy atom. The molecule has 0 aliphatic rings. The summed E-state index contributed by atoms with van der Waals surface area (Å²) in [6, 6.07) is 0.319. The van der Waals surface area contributed by atoms with Crippen LogP contribution >= 0.6 is 0 Å². The minimum Gasteiger partial charge on any atom is -0.383 e. The minimum absolute atomic E-state index is 0.319. The minimum atomic E-state index is 0.319. The Labute approximate surface area is 85.3 Å². The molecule has 1 N–H and O–H groups in total. The number of hydrogen-bond donors (Lipinski definition) is 1. The predicted octanol–water partition coefficient (Wildman–Crippen LogP) is 1.74. The second kappa shape index (κ2) is 5.65. The second-order valence-corrected chi connectivity index (χ2v) is 3.49. The molecule has 14 heavy (non-hydrogen) atoms. The molecule has 1 atom stereocenters. The van der Waals surface area contributed by atoms with Crippen LogP contribution in [0.25, 0.3) is 0 Å². The number of hydrogen-bond acceptors (Lipinski definition) is 3. The van der Waals surface area contributed by atoms with E-state index in [9.17, 15) is 0 Å². The smallest absolute Gasteiger partial charge is 0.0729 e. The lowest BCUT2D eigenvalue weighted by Crippen LogP contribution is -2.20. The van der Waals surface area contributed by atoms with Gasteiger partial charge in [0.1, 0.15) is 0 Å². The zero-order chi connectivity index (χ0) is 10.4. The molecule has 0 amide bonds. The summed E-state index contributed by atoms with van der Waals surface area (Å²) in [7, 11) is 1.71. The second-order valence-electron chi connectivity index (χ2n) is 3.49. The molecular weight excluding hydrogens is 178 g/mol. The fourth-order valence-electron chi connectivity index (χ4n) is 1.37. The molecule has 1 aromatic rings. The maximum absolute atomic E-state index is 5.04. The van der Waals surface area contributed by atoms with Gasteiger partial charge in [-0.05, 0) is 13.3 Å². The van der Waals surface area contributed by atoms with E-state index in [4.69, 9.17) is 4.74 Å². The molecule has 0 bridgehead atoms. The number of aromatic nitrogens is 2. The molecule has 4 heteroatoms. The van der Waals surface area contributed by atoms with Gasteiger partial charge in [-0.3, -0.25) is 4.68 Å². The van der Waals surface area contributed by atoms with E-state index >= 15 is 0 Å². The summed E-state index contributed by atoms with van der Waals surface area (Å²) in [5.41, 5.74) is 1.06. The van der Waals surface area contributed by atoms with Crippen LogP contribution in [0.4, 0.5) is 5.69 Å². The largest absolute Gasteiger partial charge is 0.383 e. The lowest BCUT2D eigenvalue weighted by atomic mass is 10.3.